The Hall–Kier alpha value is -0.900. The van der Waals surface area contributed by atoms with Crippen LogP contribution in [0.1, 0.15) is 18.4 Å². The SMILES string of the molecule is [CH2]c1nc(NC(=O)CC)cs1. The minimum Gasteiger partial charge on any atom is -0.310 e. The minimum atomic E-state index is -0.0182. The number of hydrogen-bond acceptors (Lipinski definition) is 3. The van der Waals surface area contributed by atoms with Gasteiger partial charge in [0.05, 0.1) is 5.01 Å². The molecule has 1 aromatic heterocycles. The highest BCUT2D eigenvalue weighted by molar-refractivity contribution is 7.10. The highest BCUT2D eigenvalue weighted by atomic mass is 32.1. The van der Waals surface area contributed by atoms with Crippen molar-refractivity contribution in [2.45, 2.75) is 13.3 Å². The molecule has 1 heterocycles. The summed E-state index contributed by atoms with van der Waals surface area (Å²) in [6.07, 6.45) is 0.476. The maximum absolute atomic E-state index is 10.8. The molecule has 0 saturated heterocycles. The molecule has 11 heavy (non-hydrogen) atoms. The first-order valence-corrected chi connectivity index (χ1v) is 4.17. The topological polar surface area (TPSA) is 42.0 Å². The van der Waals surface area contributed by atoms with E-state index in [1.165, 1.54) is 11.3 Å². The van der Waals surface area contributed by atoms with Crippen molar-refractivity contribution in [3.8, 4) is 0 Å². The van der Waals surface area contributed by atoms with Gasteiger partial charge in [-0.3, -0.25) is 4.79 Å². The Morgan fingerprint density at radius 2 is 2.64 bits per heavy atom. The van der Waals surface area contributed by atoms with Crippen molar-refractivity contribution in [2.75, 3.05) is 5.32 Å². The second-order valence-electron chi connectivity index (χ2n) is 2.03. The zero-order valence-corrected chi connectivity index (χ0v) is 7.07. The summed E-state index contributed by atoms with van der Waals surface area (Å²) in [5, 5.41) is 5.13. The van der Waals surface area contributed by atoms with Gasteiger partial charge in [-0.25, -0.2) is 4.98 Å². The predicted molar refractivity (Wildman–Crippen MR) is 45.5 cm³/mol. The van der Waals surface area contributed by atoms with Gasteiger partial charge in [-0.1, -0.05) is 6.92 Å². The van der Waals surface area contributed by atoms with Crippen molar-refractivity contribution in [2.24, 2.45) is 0 Å². The first kappa shape index (κ1) is 8.20. The van der Waals surface area contributed by atoms with Gasteiger partial charge in [-0.05, 0) is 0 Å². The number of anilines is 1. The van der Waals surface area contributed by atoms with Crippen molar-refractivity contribution < 1.29 is 4.79 Å². The number of hydrogen-bond donors (Lipinski definition) is 1. The van der Waals surface area contributed by atoms with Crippen LogP contribution < -0.4 is 5.32 Å². The van der Waals surface area contributed by atoms with Gasteiger partial charge in [0.25, 0.3) is 0 Å². The van der Waals surface area contributed by atoms with E-state index in [4.69, 9.17) is 0 Å². The summed E-state index contributed by atoms with van der Waals surface area (Å²) in [5.74, 6) is 0.585. The summed E-state index contributed by atoms with van der Waals surface area (Å²) in [4.78, 5) is 14.8. The highest BCUT2D eigenvalue weighted by Gasteiger charge is 2.00. The van der Waals surface area contributed by atoms with Crippen molar-refractivity contribution in [3.63, 3.8) is 0 Å². The van der Waals surface area contributed by atoms with Gasteiger partial charge < -0.3 is 5.32 Å². The summed E-state index contributed by atoms with van der Waals surface area (Å²) in [5.41, 5.74) is 0. The Morgan fingerprint density at radius 3 is 3.09 bits per heavy atom. The minimum absolute atomic E-state index is 0.0182. The molecule has 1 N–H and O–H groups in total. The molecule has 1 amide bonds. The molecule has 0 fully saturated rings. The molecule has 0 aromatic carbocycles. The molecule has 4 heteroatoms. The van der Waals surface area contributed by atoms with Crippen LogP contribution in [-0.2, 0) is 4.79 Å². The van der Waals surface area contributed by atoms with E-state index in [2.05, 4.69) is 17.2 Å². The predicted octanol–water partition coefficient (Wildman–Crippen LogP) is 1.67. The molecule has 59 valence electrons. The molecular weight excluding hydrogens is 160 g/mol. The number of carbonyl (C=O) groups is 1. The summed E-state index contributed by atoms with van der Waals surface area (Å²) in [6, 6.07) is 0. The molecule has 0 aliphatic heterocycles. The van der Waals surface area contributed by atoms with Crippen LogP contribution >= 0.6 is 11.3 Å². The molecule has 0 unspecified atom stereocenters. The second-order valence-corrected chi connectivity index (χ2v) is 2.97. The van der Waals surface area contributed by atoms with Gasteiger partial charge in [-0.2, -0.15) is 0 Å². The smallest absolute Gasteiger partial charge is 0.225 e. The number of carbonyl (C=O) groups excluding carboxylic acids is 1. The van der Waals surface area contributed by atoms with Crippen LogP contribution in [0.3, 0.4) is 0 Å². The van der Waals surface area contributed by atoms with Crippen molar-refractivity contribution in [3.05, 3.63) is 17.3 Å². The number of nitrogens with zero attached hydrogens (tertiary/aromatic N) is 1. The van der Waals surface area contributed by atoms with Gasteiger partial charge >= 0.3 is 0 Å². The third-order valence-electron chi connectivity index (χ3n) is 1.14. The third kappa shape index (κ3) is 2.31. The van der Waals surface area contributed by atoms with Crippen molar-refractivity contribution >= 4 is 23.1 Å². The normalized spacial score (nSPS) is 9.64. The van der Waals surface area contributed by atoms with Crippen LogP contribution in [0.4, 0.5) is 5.82 Å². The molecule has 0 spiro atoms. The van der Waals surface area contributed by atoms with Gasteiger partial charge in [0, 0.05) is 18.7 Å². The van der Waals surface area contributed by atoms with Crippen LogP contribution in [0.2, 0.25) is 0 Å². The monoisotopic (exact) mass is 169 g/mol. The maximum Gasteiger partial charge on any atom is 0.225 e. The number of nitrogens with one attached hydrogen (secondary N) is 1. The lowest BCUT2D eigenvalue weighted by atomic mass is 10.4. The largest absolute Gasteiger partial charge is 0.310 e. The fourth-order valence-corrected chi connectivity index (χ4v) is 1.11. The molecule has 1 rings (SSSR count). The van der Waals surface area contributed by atoms with E-state index in [0.717, 1.165) is 5.01 Å². The van der Waals surface area contributed by atoms with E-state index < -0.39 is 0 Å². The lowest BCUT2D eigenvalue weighted by Gasteiger charge is -1.95. The van der Waals surface area contributed by atoms with Crippen LogP contribution in [-0.4, -0.2) is 10.9 Å². The maximum atomic E-state index is 10.8. The van der Waals surface area contributed by atoms with Gasteiger partial charge in [0.1, 0.15) is 5.82 Å². The summed E-state index contributed by atoms with van der Waals surface area (Å²) >= 11 is 1.42. The highest BCUT2D eigenvalue weighted by Crippen LogP contribution is 2.12. The first-order valence-electron chi connectivity index (χ1n) is 3.29. The molecule has 0 saturated carbocycles. The number of aromatic nitrogens is 1. The molecule has 1 radical (unpaired) electrons. The van der Waals surface area contributed by atoms with E-state index in [0.29, 0.717) is 12.2 Å². The molecule has 0 bridgehead atoms. The standard InChI is InChI=1S/C7H9N2OS/c1-3-7(10)9-6-4-11-5(2)8-6/h4H,2-3H2,1H3,(H,9,10). The second kappa shape index (κ2) is 3.48. The van der Waals surface area contributed by atoms with E-state index >= 15 is 0 Å². The Kier molecular flexibility index (Phi) is 2.59. The van der Waals surface area contributed by atoms with Gasteiger partial charge in [0.2, 0.25) is 5.91 Å². The molecule has 0 aliphatic rings. The number of amides is 1. The Bertz CT molecular complexity index is 257. The Balaban J connectivity index is 2.57. The average Bonchev–Trinajstić information content (AvgIpc) is 2.35. The third-order valence-corrected chi connectivity index (χ3v) is 1.84. The van der Waals surface area contributed by atoms with E-state index in [1.807, 2.05) is 0 Å². The fourth-order valence-electron chi connectivity index (χ4n) is 0.600. The van der Waals surface area contributed by atoms with Gasteiger partial charge in [-0.15, -0.1) is 11.3 Å². The van der Waals surface area contributed by atoms with Crippen LogP contribution in [0.15, 0.2) is 5.38 Å². The summed E-state index contributed by atoms with van der Waals surface area (Å²) in [7, 11) is 0. The quantitative estimate of drug-likeness (QED) is 0.731. The van der Waals surface area contributed by atoms with E-state index in [9.17, 15) is 4.79 Å². The van der Waals surface area contributed by atoms with Crippen LogP contribution in [0, 0.1) is 6.92 Å². The molecule has 3 nitrogen and oxygen atoms in total. The fraction of sp³-hybridized carbons (Fsp3) is 0.286. The zero-order valence-electron chi connectivity index (χ0n) is 6.26. The zero-order chi connectivity index (χ0) is 8.27. The summed E-state index contributed by atoms with van der Waals surface area (Å²) in [6.45, 7) is 5.43. The summed E-state index contributed by atoms with van der Waals surface area (Å²) < 4.78 is 0. The Labute approximate surface area is 69.5 Å². The molecule has 0 aliphatic carbocycles. The first-order chi connectivity index (χ1) is 5.22. The molecule has 0 atom stereocenters. The van der Waals surface area contributed by atoms with E-state index in [-0.39, 0.29) is 5.91 Å². The van der Waals surface area contributed by atoms with Crippen LogP contribution in [0.5, 0.6) is 0 Å². The number of rotatable bonds is 2. The van der Waals surface area contributed by atoms with Crippen LogP contribution in [0.25, 0.3) is 0 Å². The average molecular weight is 169 g/mol. The molecule has 1 aromatic rings. The van der Waals surface area contributed by atoms with Crippen molar-refractivity contribution in [1.82, 2.24) is 4.98 Å². The molecular formula is C7H9N2OS. The van der Waals surface area contributed by atoms with Crippen molar-refractivity contribution in [1.29, 1.82) is 0 Å². The lowest BCUT2D eigenvalue weighted by Crippen LogP contribution is -2.09. The Morgan fingerprint density at radius 1 is 1.91 bits per heavy atom. The number of thiazole rings is 1. The van der Waals surface area contributed by atoms with Gasteiger partial charge in [0.15, 0.2) is 0 Å². The van der Waals surface area contributed by atoms with E-state index in [1.54, 1.807) is 12.3 Å². The lowest BCUT2D eigenvalue weighted by molar-refractivity contribution is -0.115.